The van der Waals surface area contributed by atoms with Gasteiger partial charge in [-0.3, -0.25) is 9.59 Å². The minimum absolute atomic E-state index is 0.124. The van der Waals surface area contributed by atoms with E-state index >= 15 is 0 Å². The van der Waals surface area contributed by atoms with Crippen molar-refractivity contribution in [3.8, 4) is 0 Å². The van der Waals surface area contributed by atoms with Crippen LogP contribution >= 0.6 is 0 Å². The molecule has 0 saturated carbocycles. The Morgan fingerprint density at radius 1 is 0.438 bits per heavy atom. The Morgan fingerprint density at radius 3 is 1.17 bits per heavy atom. The first-order valence-corrected chi connectivity index (χ1v) is 38.8. The van der Waals surface area contributed by atoms with E-state index < -0.39 is 67.4 Å². The third kappa shape index (κ3) is 52.9. The maximum absolute atomic E-state index is 13.5. The largest absolute Gasteiger partial charge is 0.454 e. The van der Waals surface area contributed by atoms with Crippen LogP contribution in [0.4, 0.5) is 0 Å². The predicted octanol–water partition coefficient (Wildman–Crippen LogP) is 20.5. The van der Waals surface area contributed by atoms with Crippen LogP contribution < -0.4 is 5.32 Å². The molecule has 0 spiro atoms. The van der Waals surface area contributed by atoms with Gasteiger partial charge in [0.05, 0.1) is 25.4 Å². The highest BCUT2D eigenvalue weighted by molar-refractivity contribution is 5.80. The van der Waals surface area contributed by atoms with Gasteiger partial charge < -0.3 is 45.1 Å². The summed E-state index contributed by atoms with van der Waals surface area (Å²) in [7, 11) is 0. The van der Waals surface area contributed by atoms with Crippen molar-refractivity contribution >= 4 is 11.9 Å². The second-order valence-corrected chi connectivity index (χ2v) is 27.1. The van der Waals surface area contributed by atoms with E-state index in [1.54, 1.807) is 6.08 Å². The molecule has 11 heteroatoms. The molecule has 1 amide bonds. The van der Waals surface area contributed by atoms with Gasteiger partial charge in [0.25, 0.3) is 0 Å². The molecule has 1 saturated heterocycles. The number of amides is 1. The van der Waals surface area contributed by atoms with Crippen molar-refractivity contribution in [1.82, 2.24) is 5.32 Å². The van der Waals surface area contributed by atoms with E-state index in [9.17, 15) is 35.1 Å². The number of unbranched alkanes of at least 4 members (excludes halogenated alkanes) is 50. The number of hydrogen-bond donors (Lipinski definition) is 6. The van der Waals surface area contributed by atoms with E-state index in [2.05, 4.69) is 50.4 Å². The van der Waals surface area contributed by atoms with Gasteiger partial charge in [-0.15, -0.1) is 0 Å². The zero-order valence-electron chi connectivity index (χ0n) is 58.6. The van der Waals surface area contributed by atoms with Gasteiger partial charge in [0.15, 0.2) is 12.4 Å². The fourth-order valence-corrected chi connectivity index (χ4v) is 12.5. The first-order chi connectivity index (χ1) is 43.7. The lowest BCUT2D eigenvalue weighted by Gasteiger charge is -2.41. The van der Waals surface area contributed by atoms with E-state index in [-0.39, 0.29) is 13.0 Å². The van der Waals surface area contributed by atoms with Gasteiger partial charge in [0.2, 0.25) is 5.91 Å². The molecule has 0 aromatic heterocycles. The molecule has 0 aliphatic carbocycles. The fourth-order valence-electron chi connectivity index (χ4n) is 12.5. The molecule has 89 heavy (non-hydrogen) atoms. The molecule has 8 unspecified atom stereocenters. The third-order valence-corrected chi connectivity index (χ3v) is 18.5. The standard InChI is InChI=1S/C78H147NO10/c1-4-7-10-13-16-19-22-25-27-29-31-33-34-35-36-37-39-40-42-44-47-50-53-56-59-62-65-71(82)77(86)79-69(70(81)64-61-58-55-52-49-46-24-21-18-15-12-9-6-3)68-87-78-76(75(85)74(84)72(67-80)88-78)89-73(83)66-63-60-57-54-51-48-45-43-41-38-32-30-28-26-23-20-17-14-11-8-5-2/h17,20,26,28,61,64,69-72,74-76,78,80-82,84-85H,4-16,18-19,21-25,27,29-60,62-63,65-68H2,1-3H3,(H,79,86)/b20-17-,28-26-,64-61+. The molecule has 8 atom stereocenters. The van der Waals surface area contributed by atoms with E-state index in [0.717, 1.165) is 64.2 Å². The van der Waals surface area contributed by atoms with Gasteiger partial charge in [0.1, 0.15) is 24.4 Å². The van der Waals surface area contributed by atoms with E-state index in [4.69, 9.17) is 14.2 Å². The summed E-state index contributed by atoms with van der Waals surface area (Å²) < 4.78 is 17.7. The highest BCUT2D eigenvalue weighted by Gasteiger charge is 2.47. The van der Waals surface area contributed by atoms with Crippen LogP contribution in [0.1, 0.15) is 387 Å². The number of carbonyl (C=O) groups excluding carboxylic acids is 2. The Labute approximate surface area is 549 Å². The number of hydrogen-bond acceptors (Lipinski definition) is 10. The lowest BCUT2D eigenvalue weighted by Crippen LogP contribution is -2.61. The summed E-state index contributed by atoms with van der Waals surface area (Å²) in [6.07, 6.45) is 72.0. The highest BCUT2D eigenvalue weighted by atomic mass is 16.7. The lowest BCUT2D eigenvalue weighted by atomic mass is 9.99. The third-order valence-electron chi connectivity index (χ3n) is 18.5. The number of aliphatic hydroxyl groups excluding tert-OH is 5. The van der Waals surface area contributed by atoms with Gasteiger partial charge >= 0.3 is 5.97 Å². The van der Waals surface area contributed by atoms with Crippen LogP contribution in [0.15, 0.2) is 36.5 Å². The molecule has 11 nitrogen and oxygen atoms in total. The number of aliphatic hydroxyl groups is 5. The highest BCUT2D eigenvalue weighted by Crippen LogP contribution is 2.27. The van der Waals surface area contributed by atoms with Crippen molar-refractivity contribution in [2.45, 2.75) is 436 Å². The number of rotatable bonds is 68. The second kappa shape index (κ2) is 65.9. The molecular weight excluding hydrogens is 1110 g/mol. The Hall–Kier alpha value is -2.12. The van der Waals surface area contributed by atoms with Crippen molar-refractivity contribution in [3.05, 3.63) is 36.5 Å². The molecule has 1 aliphatic rings. The van der Waals surface area contributed by atoms with E-state index in [1.165, 1.54) is 276 Å². The van der Waals surface area contributed by atoms with Crippen molar-refractivity contribution in [2.75, 3.05) is 13.2 Å². The van der Waals surface area contributed by atoms with Gasteiger partial charge in [0, 0.05) is 6.42 Å². The van der Waals surface area contributed by atoms with Crippen molar-refractivity contribution in [2.24, 2.45) is 0 Å². The molecule has 524 valence electrons. The van der Waals surface area contributed by atoms with Gasteiger partial charge in [-0.2, -0.15) is 0 Å². The predicted molar refractivity (Wildman–Crippen MR) is 375 cm³/mol. The number of esters is 1. The zero-order chi connectivity index (χ0) is 64.6. The Balaban J connectivity index is 2.52. The quantitative estimate of drug-likeness (QED) is 0.0195. The van der Waals surface area contributed by atoms with Crippen LogP contribution in [-0.4, -0.2) is 99.6 Å². The van der Waals surface area contributed by atoms with Gasteiger partial charge in [-0.1, -0.05) is 359 Å². The molecule has 6 N–H and O–H groups in total. The summed E-state index contributed by atoms with van der Waals surface area (Å²) in [5, 5.41) is 57.4. The average Bonchev–Trinajstić information content (AvgIpc) is 2.24. The molecule has 1 rings (SSSR count). The summed E-state index contributed by atoms with van der Waals surface area (Å²) in [5.74, 6) is -1.18. The number of nitrogens with one attached hydrogen (secondary N) is 1. The maximum atomic E-state index is 13.5. The van der Waals surface area contributed by atoms with Crippen molar-refractivity contribution in [1.29, 1.82) is 0 Å². The molecule has 0 aromatic carbocycles. The van der Waals surface area contributed by atoms with Crippen LogP contribution in [0, 0.1) is 0 Å². The normalized spacial score (nSPS) is 18.2. The monoisotopic (exact) mass is 1260 g/mol. The number of allylic oxidation sites excluding steroid dienone is 5. The first-order valence-electron chi connectivity index (χ1n) is 38.8. The van der Waals surface area contributed by atoms with Crippen LogP contribution in [0.3, 0.4) is 0 Å². The summed E-state index contributed by atoms with van der Waals surface area (Å²) >= 11 is 0. The maximum Gasteiger partial charge on any atom is 0.306 e. The van der Waals surface area contributed by atoms with Gasteiger partial charge in [-0.25, -0.2) is 0 Å². The average molecular weight is 1260 g/mol. The topological polar surface area (TPSA) is 175 Å². The zero-order valence-corrected chi connectivity index (χ0v) is 58.6. The summed E-state index contributed by atoms with van der Waals surface area (Å²) in [5.41, 5.74) is 0. The van der Waals surface area contributed by atoms with E-state index in [0.29, 0.717) is 19.3 Å². The van der Waals surface area contributed by atoms with Crippen molar-refractivity contribution < 1.29 is 49.3 Å². The second-order valence-electron chi connectivity index (χ2n) is 27.1. The molecule has 0 bridgehead atoms. The number of ether oxygens (including phenoxy) is 3. The smallest absolute Gasteiger partial charge is 0.306 e. The van der Waals surface area contributed by atoms with Crippen LogP contribution in [0.25, 0.3) is 0 Å². The van der Waals surface area contributed by atoms with Crippen LogP contribution in [-0.2, 0) is 23.8 Å². The summed E-state index contributed by atoms with van der Waals surface area (Å²) in [6.45, 7) is 5.84. The minimum Gasteiger partial charge on any atom is -0.454 e. The molecule has 0 aromatic rings. The molecule has 1 heterocycles. The summed E-state index contributed by atoms with van der Waals surface area (Å²) in [6, 6.07) is -1.02. The summed E-state index contributed by atoms with van der Waals surface area (Å²) in [4.78, 5) is 26.7. The number of carbonyl (C=O) groups is 2. The van der Waals surface area contributed by atoms with Crippen LogP contribution in [0.2, 0.25) is 0 Å². The lowest BCUT2D eigenvalue weighted by molar-refractivity contribution is -0.305. The molecule has 1 fully saturated rings. The molecular formula is C78H147NO10. The Kier molecular flexibility index (Phi) is 62.9. The molecule has 1 aliphatic heterocycles. The first kappa shape index (κ1) is 84.9. The van der Waals surface area contributed by atoms with E-state index in [1.807, 2.05) is 6.08 Å². The van der Waals surface area contributed by atoms with Gasteiger partial charge in [-0.05, 0) is 57.8 Å². The van der Waals surface area contributed by atoms with Crippen molar-refractivity contribution in [3.63, 3.8) is 0 Å². The minimum atomic E-state index is -1.61. The molecule has 0 radical (unpaired) electrons. The Bertz CT molecular complexity index is 1590. The SMILES string of the molecule is CCCCC/C=C\C/C=C\CCCCCCCCCCCCCC(=O)OC1C(OCC(NC(=O)C(O)CCCCCCCCCCCCCCCCCCCCCCCCCCCC)C(O)/C=C/CCCCCCCCCCCCC)OC(CO)C(O)C1O. The Morgan fingerprint density at radius 2 is 0.775 bits per heavy atom. The van der Waals surface area contributed by atoms with Crippen LogP contribution in [0.5, 0.6) is 0 Å². The fraction of sp³-hybridized carbons (Fsp3) is 0.897.